The highest BCUT2D eigenvalue weighted by Gasteiger charge is 2.23. The topological polar surface area (TPSA) is 8.17 Å². The fraction of sp³-hybridized carbons (Fsp3) is 0. The van der Waals surface area contributed by atoms with E-state index in [1.165, 1.54) is 91.3 Å². The maximum Gasteiger partial charge on any atom is 0.0541 e. The maximum atomic E-state index is 2.44. The molecule has 0 spiro atoms. The minimum Gasteiger partial charge on any atom is -0.310 e. The number of anilines is 3. The van der Waals surface area contributed by atoms with E-state index in [9.17, 15) is 0 Å². The predicted molar refractivity (Wildman–Crippen MR) is 280 cm³/mol. The van der Waals surface area contributed by atoms with Gasteiger partial charge in [0.25, 0.3) is 0 Å². The number of hydrogen-bond donors (Lipinski definition) is 0. The van der Waals surface area contributed by atoms with Gasteiger partial charge in [-0.1, -0.05) is 176 Å². The quantitative estimate of drug-likeness (QED) is 0.145. The second-order valence-corrected chi connectivity index (χ2v) is 17.9. The van der Waals surface area contributed by atoms with Gasteiger partial charge >= 0.3 is 0 Å². The van der Waals surface area contributed by atoms with E-state index in [1.807, 2.05) is 11.3 Å². The Hall–Kier alpha value is -8.24. The fourth-order valence-corrected chi connectivity index (χ4v) is 11.5. The number of hydrogen-bond acceptors (Lipinski definition) is 2. The van der Waals surface area contributed by atoms with Crippen LogP contribution in [0.25, 0.3) is 103 Å². The summed E-state index contributed by atoms with van der Waals surface area (Å²) >= 11 is 1.88. The molecule has 65 heavy (non-hydrogen) atoms. The molecule has 0 aliphatic heterocycles. The highest BCUT2D eigenvalue weighted by atomic mass is 32.1. The minimum absolute atomic E-state index is 1.09. The molecule has 3 heteroatoms. The van der Waals surface area contributed by atoms with Crippen molar-refractivity contribution in [1.29, 1.82) is 0 Å². The summed E-state index contributed by atoms with van der Waals surface area (Å²) in [5.74, 6) is 0. The van der Waals surface area contributed by atoms with E-state index in [0.29, 0.717) is 0 Å². The predicted octanol–water partition coefficient (Wildman–Crippen LogP) is 17.9. The average molecular weight is 845 g/mol. The molecule has 304 valence electrons. The zero-order chi connectivity index (χ0) is 42.8. The Bertz CT molecular complexity index is 3900. The third-order valence-electron chi connectivity index (χ3n) is 13.2. The van der Waals surface area contributed by atoms with E-state index in [0.717, 1.165) is 28.3 Å². The van der Waals surface area contributed by atoms with Crippen molar-refractivity contribution in [2.24, 2.45) is 0 Å². The maximum absolute atomic E-state index is 2.44. The fourth-order valence-electron chi connectivity index (χ4n) is 10.3. The first-order chi connectivity index (χ1) is 32.3. The molecule has 0 fully saturated rings. The van der Waals surface area contributed by atoms with Crippen LogP contribution in [0.5, 0.6) is 0 Å². The number of aromatic nitrogens is 1. The van der Waals surface area contributed by atoms with Gasteiger partial charge in [0.05, 0.1) is 22.4 Å². The zero-order valence-electron chi connectivity index (χ0n) is 35.4. The lowest BCUT2D eigenvalue weighted by molar-refractivity contribution is 1.18. The van der Waals surface area contributed by atoms with Crippen molar-refractivity contribution in [3.63, 3.8) is 0 Å². The molecule has 0 amide bonds. The van der Waals surface area contributed by atoms with E-state index in [4.69, 9.17) is 0 Å². The van der Waals surface area contributed by atoms with Crippen molar-refractivity contribution in [3.8, 4) is 39.1 Å². The van der Waals surface area contributed by atoms with E-state index in [1.54, 1.807) is 0 Å². The monoisotopic (exact) mass is 844 g/mol. The van der Waals surface area contributed by atoms with Crippen molar-refractivity contribution in [2.75, 3.05) is 4.90 Å². The second-order valence-electron chi connectivity index (χ2n) is 16.8. The first-order valence-electron chi connectivity index (χ1n) is 22.3. The summed E-state index contributed by atoms with van der Waals surface area (Å²) < 4.78 is 5.02. The normalized spacial score (nSPS) is 11.7. The summed E-state index contributed by atoms with van der Waals surface area (Å²) in [6.07, 6.45) is 0. The minimum atomic E-state index is 1.09. The number of thiophene rings is 1. The van der Waals surface area contributed by atoms with Crippen LogP contribution < -0.4 is 4.90 Å². The third kappa shape index (κ3) is 6.08. The SMILES string of the molecule is c1ccc(N(c2ccc(-c3cc4ccccc4c4ccccc34)cc2)c2ccc(-c3ccccc3-n3c4ccccc4c4ccccc43)cc2-c2cccc3c2sc2ccccc23)cc1. The van der Waals surface area contributed by atoms with Crippen molar-refractivity contribution in [1.82, 2.24) is 4.57 Å². The van der Waals surface area contributed by atoms with Crippen molar-refractivity contribution in [2.45, 2.75) is 0 Å². The Morgan fingerprint density at radius 3 is 1.68 bits per heavy atom. The van der Waals surface area contributed by atoms with Crippen LogP contribution in [0, 0.1) is 0 Å². The Morgan fingerprint density at radius 1 is 0.323 bits per heavy atom. The summed E-state index contributed by atoms with van der Waals surface area (Å²) in [5, 5.41) is 10.1. The van der Waals surface area contributed by atoms with Crippen LogP contribution >= 0.6 is 11.3 Å². The van der Waals surface area contributed by atoms with E-state index in [-0.39, 0.29) is 0 Å². The van der Waals surface area contributed by atoms with Crippen LogP contribution in [0.15, 0.2) is 243 Å². The van der Waals surface area contributed by atoms with Crippen LogP contribution in [0.4, 0.5) is 17.1 Å². The first-order valence-corrected chi connectivity index (χ1v) is 23.1. The van der Waals surface area contributed by atoms with Gasteiger partial charge in [0.1, 0.15) is 0 Å². The lowest BCUT2D eigenvalue weighted by Crippen LogP contribution is -2.11. The molecule has 0 unspecified atom stereocenters. The number of nitrogens with zero attached hydrogens (tertiary/aromatic N) is 2. The number of rotatable bonds is 7. The molecular formula is C62H40N2S. The Labute approximate surface area is 381 Å². The summed E-state index contributed by atoms with van der Waals surface area (Å²) in [7, 11) is 0. The molecule has 0 saturated heterocycles. The third-order valence-corrected chi connectivity index (χ3v) is 14.4. The average Bonchev–Trinajstić information content (AvgIpc) is 3.93. The smallest absolute Gasteiger partial charge is 0.0541 e. The largest absolute Gasteiger partial charge is 0.310 e. The van der Waals surface area contributed by atoms with Crippen LogP contribution in [-0.4, -0.2) is 4.57 Å². The molecule has 11 aromatic carbocycles. The summed E-state index contributed by atoms with van der Waals surface area (Å²) in [4.78, 5) is 2.44. The Morgan fingerprint density at radius 2 is 0.892 bits per heavy atom. The lowest BCUT2D eigenvalue weighted by atomic mass is 9.93. The van der Waals surface area contributed by atoms with Crippen molar-refractivity contribution in [3.05, 3.63) is 243 Å². The van der Waals surface area contributed by atoms with Gasteiger partial charge in [-0.15, -0.1) is 11.3 Å². The number of benzene rings is 11. The van der Waals surface area contributed by atoms with Crippen LogP contribution in [-0.2, 0) is 0 Å². The summed E-state index contributed by atoms with van der Waals surface area (Å²) in [6.45, 7) is 0. The molecule has 0 N–H and O–H groups in total. The number of fused-ring (bicyclic) bond motifs is 9. The van der Waals surface area contributed by atoms with Gasteiger partial charge in [-0.25, -0.2) is 0 Å². The van der Waals surface area contributed by atoms with Gasteiger partial charge in [-0.2, -0.15) is 0 Å². The van der Waals surface area contributed by atoms with E-state index < -0.39 is 0 Å². The van der Waals surface area contributed by atoms with Crippen molar-refractivity contribution >= 4 is 91.9 Å². The lowest BCUT2D eigenvalue weighted by Gasteiger charge is -2.29. The molecule has 0 radical (unpaired) electrons. The van der Waals surface area contributed by atoms with Crippen molar-refractivity contribution < 1.29 is 0 Å². The molecule has 2 aromatic heterocycles. The molecule has 0 atom stereocenters. The summed E-state index contributed by atoms with van der Waals surface area (Å²) in [5.41, 5.74) is 14.0. The van der Waals surface area contributed by atoms with E-state index in [2.05, 4.69) is 252 Å². The van der Waals surface area contributed by atoms with Gasteiger partial charge in [0.15, 0.2) is 0 Å². The molecule has 13 aromatic rings. The molecule has 2 nitrogen and oxygen atoms in total. The highest BCUT2D eigenvalue weighted by Crippen LogP contribution is 2.48. The van der Waals surface area contributed by atoms with Gasteiger partial charge in [-0.3, -0.25) is 0 Å². The zero-order valence-corrected chi connectivity index (χ0v) is 36.2. The molecule has 0 bridgehead atoms. The number of para-hydroxylation sites is 4. The summed E-state index contributed by atoms with van der Waals surface area (Å²) in [6, 6.07) is 89.0. The van der Waals surface area contributed by atoms with Crippen LogP contribution in [0.1, 0.15) is 0 Å². The Kier molecular flexibility index (Phi) is 8.75. The van der Waals surface area contributed by atoms with Gasteiger partial charge in [-0.05, 0) is 105 Å². The molecule has 0 aliphatic rings. The molecule has 2 heterocycles. The Balaban J connectivity index is 1.04. The molecular weight excluding hydrogens is 805 g/mol. The standard InChI is InChI=1S/C62H40N2S/c1-2-18-44(19-3-1)63(45-36-33-41(34-37-45)55-39-42-17-4-5-20-46(42)48-22-6-7-23-49(48)55)60-38-35-43(40-56(60)54-28-16-27-53-52-26-11-15-32-61(52)65-62(53)54)47-21-8-12-29-57(47)64-58-30-13-9-24-50(58)51-25-10-14-31-59(51)64/h1-40H. The second kappa shape index (κ2) is 15.2. The van der Waals surface area contributed by atoms with Crippen LogP contribution in [0.2, 0.25) is 0 Å². The molecule has 0 aliphatic carbocycles. The van der Waals surface area contributed by atoms with Gasteiger partial charge < -0.3 is 9.47 Å². The molecule has 13 rings (SSSR count). The van der Waals surface area contributed by atoms with Crippen LogP contribution in [0.3, 0.4) is 0 Å². The van der Waals surface area contributed by atoms with Gasteiger partial charge in [0.2, 0.25) is 0 Å². The highest BCUT2D eigenvalue weighted by molar-refractivity contribution is 7.26. The molecule has 0 saturated carbocycles. The van der Waals surface area contributed by atoms with E-state index >= 15 is 0 Å². The first kappa shape index (κ1) is 37.3. The van der Waals surface area contributed by atoms with Gasteiger partial charge in [0, 0.05) is 59.0 Å².